The predicted molar refractivity (Wildman–Crippen MR) is 105 cm³/mol. The van der Waals surface area contributed by atoms with Crippen molar-refractivity contribution in [1.82, 2.24) is 25.4 Å². The van der Waals surface area contributed by atoms with E-state index in [2.05, 4.69) is 32.7 Å². The standard InChI is InChI=1S/C20H25FN6O/c1-2-19-26-25-15-27(19)12-11-23-20(24-14-17-7-5-13-28-17)22-10-9-16-6-3-4-8-18(16)21/h3-8,13,15H,2,9-12,14H2,1H3,(H2,22,23,24). The molecule has 0 amide bonds. The molecule has 0 fully saturated rings. The molecule has 0 unspecified atom stereocenters. The highest BCUT2D eigenvalue weighted by Crippen LogP contribution is 2.06. The van der Waals surface area contributed by atoms with Crippen LogP contribution >= 0.6 is 0 Å². The van der Waals surface area contributed by atoms with Crippen molar-refractivity contribution in [3.05, 3.63) is 72.0 Å². The SMILES string of the molecule is CCc1nncn1CCNC(=NCc1ccco1)NCCc1ccccc1F. The molecule has 2 N–H and O–H groups in total. The molecule has 2 heterocycles. The maximum Gasteiger partial charge on any atom is 0.191 e. The Morgan fingerprint density at radius 2 is 2.04 bits per heavy atom. The van der Waals surface area contributed by atoms with Gasteiger partial charge in [0.25, 0.3) is 0 Å². The van der Waals surface area contributed by atoms with Crippen LogP contribution in [0.3, 0.4) is 0 Å². The number of benzene rings is 1. The zero-order valence-corrected chi connectivity index (χ0v) is 15.9. The van der Waals surface area contributed by atoms with Crippen molar-refractivity contribution in [1.29, 1.82) is 0 Å². The van der Waals surface area contributed by atoms with E-state index in [0.29, 0.717) is 37.6 Å². The number of aliphatic imine (C=N–C) groups is 1. The molecule has 0 radical (unpaired) electrons. The van der Waals surface area contributed by atoms with Crippen LogP contribution in [0, 0.1) is 5.82 Å². The van der Waals surface area contributed by atoms with Crippen LogP contribution in [-0.4, -0.2) is 33.8 Å². The van der Waals surface area contributed by atoms with Gasteiger partial charge in [0.15, 0.2) is 5.96 Å². The number of guanidine groups is 1. The van der Waals surface area contributed by atoms with E-state index in [9.17, 15) is 4.39 Å². The number of nitrogens with zero attached hydrogens (tertiary/aromatic N) is 4. The molecule has 148 valence electrons. The fraction of sp³-hybridized carbons (Fsp3) is 0.350. The molecule has 1 aromatic carbocycles. The average Bonchev–Trinajstić information content (AvgIpc) is 3.38. The van der Waals surface area contributed by atoms with Gasteiger partial charge in [0, 0.05) is 26.1 Å². The zero-order chi connectivity index (χ0) is 19.6. The molecule has 2 aromatic heterocycles. The molecule has 0 aliphatic heterocycles. The monoisotopic (exact) mass is 384 g/mol. The van der Waals surface area contributed by atoms with E-state index in [-0.39, 0.29) is 5.82 Å². The average molecular weight is 384 g/mol. The minimum atomic E-state index is -0.189. The number of hydrogen-bond donors (Lipinski definition) is 2. The van der Waals surface area contributed by atoms with Gasteiger partial charge in [0.05, 0.1) is 6.26 Å². The van der Waals surface area contributed by atoms with Crippen molar-refractivity contribution in [3.63, 3.8) is 0 Å². The molecular weight excluding hydrogens is 359 g/mol. The Morgan fingerprint density at radius 1 is 1.18 bits per heavy atom. The van der Waals surface area contributed by atoms with Crippen molar-refractivity contribution in [3.8, 4) is 0 Å². The summed E-state index contributed by atoms with van der Waals surface area (Å²) in [5, 5.41) is 14.6. The Hall–Kier alpha value is -3.16. The molecule has 0 bridgehead atoms. The lowest BCUT2D eigenvalue weighted by Crippen LogP contribution is -2.40. The molecule has 0 atom stereocenters. The summed E-state index contributed by atoms with van der Waals surface area (Å²) < 4.78 is 21.1. The van der Waals surface area contributed by atoms with Gasteiger partial charge in [0.1, 0.15) is 30.3 Å². The van der Waals surface area contributed by atoms with Crippen molar-refractivity contribution >= 4 is 5.96 Å². The maximum atomic E-state index is 13.8. The van der Waals surface area contributed by atoms with Crippen LogP contribution in [0.25, 0.3) is 0 Å². The first-order valence-electron chi connectivity index (χ1n) is 9.41. The van der Waals surface area contributed by atoms with Crippen LogP contribution in [0.5, 0.6) is 0 Å². The molecule has 7 nitrogen and oxygen atoms in total. The van der Waals surface area contributed by atoms with Gasteiger partial charge < -0.3 is 19.6 Å². The Bertz CT molecular complexity index is 874. The Kier molecular flexibility index (Phi) is 7.17. The molecule has 0 saturated carbocycles. The summed E-state index contributed by atoms with van der Waals surface area (Å²) in [7, 11) is 0. The van der Waals surface area contributed by atoms with Crippen LogP contribution in [0.15, 0.2) is 58.4 Å². The normalized spacial score (nSPS) is 11.6. The lowest BCUT2D eigenvalue weighted by atomic mass is 10.1. The van der Waals surface area contributed by atoms with Crippen molar-refractivity contribution in [2.24, 2.45) is 4.99 Å². The summed E-state index contributed by atoms with van der Waals surface area (Å²) in [4.78, 5) is 4.55. The number of nitrogens with one attached hydrogen (secondary N) is 2. The minimum absolute atomic E-state index is 0.189. The van der Waals surface area contributed by atoms with E-state index >= 15 is 0 Å². The first kappa shape index (κ1) is 19.6. The maximum absolute atomic E-state index is 13.8. The summed E-state index contributed by atoms with van der Waals surface area (Å²) in [5.41, 5.74) is 0.678. The first-order chi connectivity index (χ1) is 13.8. The van der Waals surface area contributed by atoms with E-state index in [0.717, 1.165) is 24.6 Å². The van der Waals surface area contributed by atoms with E-state index in [1.807, 2.05) is 22.8 Å². The van der Waals surface area contributed by atoms with Crippen LogP contribution in [0.4, 0.5) is 4.39 Å². The fourth-order valence-electron chi connectivity index (χ4n) is 2.78. The van der Waals surface area contributed by atoms with Gasteiger partial charge >= 0.3 is 0 Å². The van der Waals surface area contributed by atoms with Crippen LogP contribution < -0.4 is 10.6 Å². The van der Waals surface area contributed by atoms with Crippen LogP contribution in [0.1, 0.15) is 24.1 Å². The molecular formula is C20H25FN6O. The quantitative estimate of drug-likeness (QED) is 0.438. The second-order valence-electron chi connectivity index (χ2n) is 6.23. The number of aromatic nitrogens is 3. The highest BCUT2D eigenvalue weighted by molar-refractivity contribution is 5.79. The van der Waals surface area contributed by atoms with E-state index in [1.165, 1.54) is 6.07 Å². The summed E-state index contributed by atoms with van der Waals surface area (Å²) in [6, 6.07) is 10.5. The first-order valence-corrected chi connectivity index (χ1v) is 9.41. The molecule has 0 aliphatic carbocycles. The Morgan fingerprint density at radius 3 is 2.82 bits per heavy atom. The molecule has 3 aromatic rings. The lowest BCUT2D eigenvalue weighted by Gasteiger charge is -2.13. The molecule has 3 rings (SSSR count). The number of halogens is 1. The molecule has 0 aliphatic rings. The second-order valence-corrected chi connectivity index (χ2v) is 6.23. The van der Waals surface area contributed by atoms with Gasteiger partial charge in [-0.25, -0.2) is 9.38 Å². The summed E-state index contributed by atoms with van der Waals surface area (Å²) in [6.07, 6.45) is 4.76. The van der Waals surface area contributed by atoms with Gasteiger partial charge in [-0.2, -0.15) is 0 Å². The van der Waals surface area contributed by atoms with Gasteiger partial charge in [-0.15, -0.1) is 10.2 Å². The Balaban J connectivity index is 1.55. The lowest BCUT2D eigenvalue weighted by molar-refractivity contribution is 0.511. The number of aryl methyl sites for hydroxylation is 1. The van der Waals surface area contributed by atoms with Crippen molar-refractivity contribution < 1.29 is 8.81 Å². The third-order valence-electron chi connectivity index (χ3n) is 4.27. The Labute approximate surface area is 163 Å². The smallest absolute Gasteiger partial charge is 0.191 e. The van der Waals surface area contributed by atoms with Crippen LogP contribution in [0.2, 0.25) is 0 Å². The zero-order valence-electron chi connectivity index (χ0n) is 15.9. The van der Waals surface area contributed by atoms with E-state index in [1.54, 1.807) is 24.7 Å². The molecule has 8 heteroatoms. The highest BCUT2D eigenvalue weighted by atomic mass is 19.1. The van der Waals surface area contributed by atoms with E-state index < -0.39 is 0 Å². The summed E-state index contributed by atoms with van der Waals surface area (Å²) in [6.45, 7) is 4.43. The number of rotatable bonds is 9. The predicted octanol–water partition coefficient (Wildman–Crippen LogP) is 2.55. The highest BCUT2D eigenvalue weighted by Gasteiger charge is 2.05. The van der Waals surface area contributed by atoms with Gasteiger partial charge in [-0.1, -0.05) is 25.1 Å². The number of furan rings is 1. The second kappa shape index (κ2) is 10.2. The van der Waals surface area contributed by atoms with Gasteiger partial charge in [-0.3, -0.25) is 0 Å². The third kappa shape index (κ3) is 5.67. The summed E-state index contributed by atoms with van der Waals surface area (Å²) in [5.74, 6) is 2.19. The molecule has 0 saturated heterocycles. The third-order valence-corrected chi connectivity index (χ3v) is 4.27. The molecule has 0 spiro atoms. The fourth-order valence-corrected chi connectivity index (χ4v) is 2.78. The van der Waals surface area contributed by atoms with Gasteiger partial charge in [0.2, 0.25) is 0 Å². The topological polar surface area (TPSA) is 80.3 Å². The largest absolute Gasteiger partial charge is 0.467 e. The van der Waals surface area contributed by atoms with Crippen molar-refractivity contribution in [2.75, 3.05) is 13.1 Å². The van der Waals surface area contributed by atoms with E-state index in [4.69, 9.17) is 4.42 Å². The molecule has 28 heavy (non-hydrogen) atoms. The van der Waals surface area contributed by atoms with Crippen LogP contribution in [-0.2, 0) is 25.9 Å². The van der Waals surface area contributed by atoms with Gasteiger partial charge in [-0.05, 0) is 30.2 Å². The van der Waals surface area contributed by atoms with Crippen molar-refractivity contribution in [2.45, 2.75) is 32.9 Å². The summed E-state index contributed by atoms with van der Waals surface area (Å²) >= 11 is 0. The minimum Gasteiger partial charge on any atom is -0.467 e. The number of hydrogen-bond acceptors (Lipinski definition) is 4.